The molecule has 0 atom stereocenters. The number of carbonyl (C=O) groups excluding carboxylic acids is 1. The summed E-state index contributed by atoms with van der Waals surface area (Å²) in [7, 11) is 0. The lowest BCUT2D eigenvalue weighted by Crippen LogP contribution is -2.30. The summed E-state index contributed by atoms with van der Waals surface area (Å²) in [6.07, 6.45) is 2.06. The minimum absolute atomic E-state index is 0.0375. The van der Waals surface area contributed by atoms with Gasteiger partial charge in [-0.1, -0.05) is 36.5 Å². The molecule has 0 heterocycles. The van der Waals surface area contributed by atoms with Gasteiger partial charge in [-0.25, -0.2) is 0 Å². The fourth-order valence-corrected chi connectivity index (χ4v) is 1.75. The molecule has 0 spiro atoms. The highest BCUT2D eigenvalue weighted by atomic mass is 35.5. The van der Waals surface area contributed by atoms with E-state index in [-0.39, 0.29) is 12.5 Å². The first-order valence-corrected chi connectivity index (χ1v) is 6.34. The van der Waals surface area contributed by atoms with E-state index in [2.05, 4.69) is 17.6 Å². The van der Waals surface area contributed by atoms with E-state index in [9.17, 15) is 4.79 Å². The van der Waals surface area contributed by atoms with Crippen molar-refractivity contribution >= 4 is 34.8 Å². The van der Waals surface area contributed by atoms with E-state index >= 15 is 0 Å². The number of carbonyl (C=O) groups is 1. The molecule has 0 aliphatic rings. The highest BCUT2D eigenvalue weighted by molar-refractivity contribution is 6.36. The number of benzene rings is 1. The van der Waals surface area contributed by atoms with Gasteiger partial charge in [0.2, 0.25) is 5.91 Å². The summed E-state index contributed by atoms with van der Waals surface area (Å²) in [4.78, 5) is 11.4. The summed E-state index contributed by atoms with van der Waals surface area (Å²) < 4.78 is 0. The molecule has 1 aromatic rings. The molecule has 94 valence electrons. The Bertz CT molecular complexity index is 383. The lowest BCUT2D eigenvalue weighted by Gasteiger charge is -2.09. The van der Waals surface area contributed by atoms with Crippen LogP contribution in [0.4, 0.5) is 5.69 Å². The number of hydrogen-bond acceptors (Lipinski definition) is 2. The monoisotopic (exact) mass is 274 g/mol. The van der Waals surface area contributed by atoms with Gasteiger partial charge in [-0.05, 0) is 24.6 Å². The number of halogens is 2. The van der Waals surface area contributed by atoms with Gasteiger partial charge in [0.1, 0.15) is 0 Å². The fourth-order valence-electron chi connectivity index (χ4n) is 1.28. The third-order valence-corrected chi connectivity index (χ3v) is 2.77. The van der Waals surface area contributed by atoms with Crippen molar-refractivity contribution in [2.24, 2.45) is 0 Å². The quantitative estimate of drug-likeness (QED) is 0.782. The Kier molecular flexibility index (Phi) is 6.16. The molecule has 0 bridgehead atoms. The van der Waals surface area contributed by atoms with E-state index in [4.69, 9.17) is 23.2 Å². The van der Waals surface area contributed by atoms with Crippen molar-refractivity contribution in [3.05, 3.63) is 28.2 Å². The van der Waals surface area contributed by atoms with Crippen molar-refractivity contribution in [3.8, 4) is 0 Å². The third kappa shape index (κ3) is 5.29. The number of unbranched alkanes of at least 4 members (excludes halogenated alkanes) is 1. The minimum Gasteiger partial charge on any atom is -0.375 e. The first-order chi connectivity index (χ1) is 8.13. The van der Waals surface area contributed by atoms with Crippen molar-refractivity contribution in [2.45, 2.75) is 19.8 Å². The molecule has 0 aliphatic heterocycles. The second-order valence-corrected chi connectivity index (χ2v) is 4.52. The van der Waals surface area contributed by atoms with Gasteiger partial charge in [-0.2, -0.15) is 0 Å². The Hall–Kier alpha value is -0.930. The number of hydrogen-bond donors (Lipinski definition) is 2. The van der Waals surface area contributed by atoms with Crippen LogP contribution in [0.25, 0.3) is 0 Å². The summed E-state index contributed by atoms with van der Waals surface area (Å²) in [5, 5.41) is 6.87. The van der Waals surface area contributed by atoms with Gasteiger partial charge in [-0.15, -0.1) is 0 Å². The van der Waals surface area contributed by atoms with Crippen molar-refractivity contribution < 1.29 is 4.79 Å². The molecule has 0 aliphatic carbocycles. The Labute approximate surface area is 111 Å². The molecule has 2 N–H and O–H groups in total. The van der Waals surface area contributed by atoms with Crippen molar-refractivity contribution in [1.29, 1.82) is 0 Å². The molecular weight excluding hydrogens is 259 g/mol. The fraction of sp³-hybridized carbons (Fsp3) is 0.417. The smallest absolute Gasteiger partial charge is 0.239 e. The Morgan fingerprint density at radius 2 is 2.12 bits per heavy atom. The predicted octanol–water partition coefficient (Wildman–Crippen LogP) is 3.32. The zero-order valence-corrected chi connectivity index (χ0v) is 11.2. The molecule has 1 amide bonds. The van der Waals surface area contributed by atoms with Gasteiger partial charge in [0.15, 0.2) is 0 Å². The largest absolute Gasteiger partial charge is 0.375 e. The van der Waals surface area contributed by atoms with Gasteiger partial charge in [0, 0.05) is 11.6 Å². The van der Waals surface area contributed by atoms with Crippen molar-refractivity contribution in [2.75, 3.05) is 18.4 Å². The number of anilines is 1. The Morgan fingerprint density at radius 3 is 2.76 bits per heavy atom. The standard InChI is InChI=1S/C12H16Cl2N2O/c1-2-3-6-15-12(17)8-16-11-5-4-9(13)7-10(11)14/h4-5,7,16H,2-3,6,8H2,1H3,(H,15,17). The van der Waals surface area contributed by atoms with Crippen LogP contribution in [-0.4, -0.2) is 19.0 Å². The van der Waals surface area contributed by atoms with Gasteiger partial charge < -0.3 is 10.6 Å². The topological polar surface area (TPSA) is 41.1 Å². The lowest BCUT2D eigenvalue weighted by atomic mass is 10.3. The van der Waals surface area contributed by atoms with E-state index in [0.29, 0.717) is 22.3 Å². The molecule has 0 saturated carbocycles. The molecule has 1 rings (SSSR count). The summed E-state index contributed by atoms with van der Waals surface area (Å²) in [6, 6.07) is 5.12. The zero-order valence-electron chi connectivity index (χ0n) is 9.72. The second kappa shape index (κ2) is 7.41. The van der Waals surface area contributed by atoms with Gasteiger partial charge in [0.05, 0.1) is 17.3 Å². The normalized spacial score (nSPS) is 10.1. The summed E-state index contributed by atoms with van der Waals surface area (Å²) >= 11 is 11.7. The second-order valence-electron chi connectivity index (χ2n) is 3.68. The molecule has 0 fully saturated rings. The molecule has 5 heteroatoms. The van der Waals surface area contributed by atoms with Gasteiger partial charge in [-0.3, -0.25) is 4.79 Å². The van der Waals surface area contributed by atoms with Gasteiger partial charge in [0.25, 0.3) is 0 Å². The predicted molar refractivity (Wildman–Crippen MR) is 72.9 cm³/mol. The summed E-state index contributed by atoms with van der Waals surface area (Å²) in [6.45, 7) is 3.01. The van der Waals surface area contributed by atoms with E-state index < -0.39 is 0 Å². The average Bonchev–Trinajstić information content (AvgIpc) is 2.28. The highest BCUT2D eigenvalue weighted by Gasteiger charge is 2.03. The van der Waals surface area contributed by atoms with E-state index in [1.54, 1.807) is 18.2 Å². The van der Waals surface area contributed by atoms with Crippen LogP contribution < -0.4 is 10.6 Å². The Morgan fingerprint density at radius 1 is 1.35 bits per heavy atom. The maximum Gasteiger partial charge on any atom is 0.239 e. The number of nitrogens with one attached hydrogen (secondary N) is 2. The van der Waals surface area contributed by atoms with E-state index in [1.807, 2.05) is 0 Å². The van der Waals surface area contributed by atoms with Crippen LogP contribution in [0.2, 0.25) is 10.0 Å². The first kappa shape index (κ1) is 14.1. The molecule has 0 saturated heterocycles. The van der Waals surface area contributed by atoms with Crippen LogP contribution >= 0.6 is 23.2 Å². The molecule has 0 aromatic heterocycles. The van der Waals surface area contributed by atoms with Crippen LogP contribution in [0, 0.1) is 0 Å². The van der Waals surface area contributed by atoms with Crippen LogP contribution in [0.5, 0.6) is 0 Å². The van der Waals surface area contributed by atoms with E-state index in [1.165, 1.54) is 0 Å². The SMILES string of the molecule is CCCCNC(=O)CNc1ccc(Cl)cc1Cl. The number of rotatable bonds is 6. The third-order valence-electron chi connectivity index (χ3n) is 2.22. The number of amides is 1. The van der Waals surface area contributed by atoms with Crippen LogP contribution in [0.15, 0.2) is 18.2 Å². The van der Waals surface area contributed by atoms with E-state index in [0.717, 1.165) is 12.8 Å². The first-order valence-electron chi connectivity index (χ1n) is 5.59. The van der Waals surface area contributed by atoms with Crippen LogP contribution in [-0.2, 0) is 4.79 Å². The molecular formula is C12H16Cl2N2O. The maximum absolute atomic E-state index is 11.4. The summed E-state index contributed by atoms with van der Waals surface area (Å²) in [5.41, 5.74) is 0.710. The summed E-state index contributed by atoms with van der Waals surface area (Å²) in [5.74, 6) is -0.0375. The average molecular weight is 275 g/mol. The van der Waals surface area contributed by atoms with Crippen molar-refractivity contribution in [3.63, 3.8) is 0 Å². The highest BCUT2D eigenvalue weighted by Crippen LogP contribution is 2.24. The minimum atomic E-state index is -0.0375. The molecule has 17 heavy (non-hydrogen) atoms. The maximum atomic E-state index is 11.4. The van der Waals surface area contributed by atoms with Crippen molar-refractivity contribution in [1.82, 2.24) is 5.32 Å². The zero-order chi connectivity index (χ0) is 12.7. The molecule has 0 radical (unpaired) electrons. The van der Waals surface area contributed by atoms with Crippen LogP contribution in [0.1, 0.15) is 19.8 Å². The Balaban J connectivity index is 2.37. The molecule has 1 aromatic carbocycles. The lowest BCUT2D eigenvalue weighted by molar-refractivity contribution is -0.119. The molecule has 0 unspecified atom stereocenters. The molecule has 3 nitrogen and oxygen atoms in total. The van der Waals surface area contributed by atoms with Crippen LogP contribution in [0.3, 0.4) is 0 Å². The van der Waals surface area contributed by atoms with Gasteiger partial charge >= 0.3 is 0 Å².